The van der Waals surface area contributed by atoms with E-state index in [0.717, 1.165) is 0 Å². The molecule has 0 fully saturated rings. The number of carbonyl (C=O) groups excluding carboxylic acids is 2. The van der Waals surface area contributed by atoms with Crippen molar-refractivity contribution in [1.29, 1.82) is 0 Å². The van der Waals surface area contributed by atoms with Gasteiger partial charge in [-0.3, -0.25) is 24.4 Å². The fourth-order valence-corrected chi connectivity index (χ4v) is 2.86. The standard InChI is InChI=1S/C22H25N5O6/c1-4-26-12-16(20(25-26)22(29)23-11-14(2)3)24-21(28)19-10-9-15(33-19)13-32-18-8-6-5-7-17(18)27(30)31/h5-10,12,14H,4,11,13H2,1-3H3,(H,23,29)(H,24,28). The molecule has 0 aliphatic carbocycles. The number of nitro groups is 1. The second-order valence-electron chi connectivity index (χ2n) is 7.58. The molecule has 11 nitrogen and oxygen atoms in total. The number of para-hydroxylation sites is 2. The van der Waals surface area contributed by atoms with Gasteiger partial charge in [0.1, 0.15) is 12.4 Å². The molecule has 0 atom stereocenters. The molecule has 0 aliphatic rings. The van der Waals surface area contributed by atoms with Gasteiger partial charge in [-0.15, -0.1) is 0 Å². The minimum Gasteiger partial charge on any atom is -0.479 e. The summed E-state index contributed by atoms with van der Waals surface area (Å²) in [5.41, 5.74) is 0.202. The Morgan fingerprint density at radius 3 is 2.67 bits per heavy atom. The zero-order chi connectivity index (χ0) is 24.0. The Bertz CT molecular complexity index is 1150. The molecule has 0 aliphatic heterocycles. The van der Waals surface area contributed by atoms with Gasteiger partial charge in [0.15, 0.2) is 17.2 Å². The zero-order valence-corrected chi connectivity index (χ0v) is 18.5. The lowest BCUT2D eigenvalue weighted by Gasteiger charge is -2.07. The van der Waals surface area contributed by atoms with Crippen LogP contribution in [-0.4, -0.2) is 33.1 Å². The molecule has 0 saturated heterocycles. The molecule has 0 spiro atoms. The van der Waals surface area contributed by atoms with E-state index < -0.39 is 10.8 Å². The van der Waals surface area contributed by atoms with E-state index in [1.54, 1.807) is 23.0 Å². The van der Waals surface area contributed by atoms with Crippen LogP contribution in [0.4, 0.5) is 11.4 Å². The number of carbonyl (C=O) groups is 2. The second-order valence-corrected chi connectivity index (χ2v) is 7.58. The molecule has 33 heavy (non-hydrogen) atoms. The molecule has 1 aromatic carbocycles. The predicted molar refractivity (Wildman–Crippen MR) is 119 cm³/mol. The Balaban J connectivity index is 1.68. The number of nitrogens with zero attached hydrogens (tertiary/aromatic N) is 3. The molecule has 2 N–H and O–H groups in total. The number of hydrogen-bond donors (Lipinski definition) is 2. The summed E-state index contributed by atoms with van der Waals surface area (Å²) in [7, 11) is 0. The van der Waals surface area contributed by atoms with Crippen molar-refractivity contribution in [3.05, 3.63) is 69.9 Å². The molecule has 3 rings (SSSR count). The first-order valence-corrected chi connectivity index (χ1v) is 10.4. The van der Waals surface area contributed by atoms with Gasteiger partial charge >= 0.3 is 5.69 Å². The highest BCUT2D eigenvalue weighted by Crippen LogP contribution is 2.27. The summed E-state index contributed by atoms with van der Waals surface area (Å²) in [5.74, 6) is -0.300. The molecule has 0 radical (unpaired) electrons. The number of furan rings is 1. The Morgan fingerprint density at radius 1 is 1.21 bits per heavy atom. The summed E-state index contributed by atoms with van der Waals surface area (Å²) in [4.78, 5) is 35.7. The highest BCUT2D eigenvalue weighted by molar-refractivity contribution is 6.07. The molecule has 2 heterocycles. The maximum absolute atomic E-state index is 12.7. The quantitative estimate of drug-likeness (QED) is 0.351. The fraction of sp³-hybridized carbons (Fsp3) is 0.318. The summed E-state index contributed by atoms with van der Waals surface area (Å²) in [6.45, 7) is 6.71. The monoisotopic (exact) mass is 455 g/mol. The minimum absolute atomic E-state index is 0.00560. The van der Waals surface area contributed by atoms with Crippen LogP contribution in [0.3, 0.4) is 0 Å². The van der Waals surface area contributed by atoms with Gasteiger partial charge in [-0.1, -0.05) is 26.0 Å². The van der Waals surface area contributed by atoms with E-state index in [4.69, 9.17) is 9.15 Å². The Morgan fingerprint density at radius 2 is 1.97 bits per heavy atom. The number of ether oxygens (including phenoxy) is 1. The third kappa shape index (κ3) is 5.97. The lowest BCUT2D eigenvalue weighted by atomic mass is 10.2. The van der Waals surface area contributed by atoms with Crippen LogP contribution in [0.25, 0.3) is 0 Å². The fourth-order valence-electron chi connectivity index (χ4n) is 2.86. The van der Waals surface area contributed by atoms with Gasteiger partial charge in [-0.05, 0) is 31.0 Å². The van der Waals surface area contributed by atoms with Crippen LogP contribution in [0.1, 0.15) is 47.6 Å². The molecular weight excluding hydrogens is 430 g/mol. The molecule has 0 bridgehead atoms. The van der Waals surface area contributed by atoms with Crippen molar-refractivity contribution < 1.29 is 23.7 Å². The van der Waals surface area contributed by atoms with Crippen molar-refractivity contribution in [2.45, 2.75) is 33.9 Å². The third-order valence-corrected chi connectivity index (χ3v) is 4.54. The average molecular weight is 455 g/mol. The molecular formula is C22H25N5O6. The van der Waals surface area contributed by atoms with Crippen LogP contribution < -0.4 is 15.4 Å². The molecule has 2 amide bonds. The number of benzene rings is 1. The number of aryl methyl sites for hydroxylation is 1. The number of anilines is 1. The molecule has 174 valence electrons. The van der Waals surface area contributed by atoms with E-state index in [1.807, 2.05) is 20.8 Å². The number of hydrogen-bond acceptors (Lipinski definition) is 7. The smallest absolute Gasteiger partial charge is 0.310 e. The van der Waals surface area contributed by atoms with Crippen LogP contribution in [0.2, 0.25) is 0 Å². The normalized spacial score (nSPS) is 10.8. The van der Waals surface area contributed by atoms with E-state index in [-0.39, 0.29) is 47.0 Å². The van der Waals surface area contributed by atoms with E-state index in [0.29, 0.717) is 18.8 Å². The molecule has 0 saturated carbocycles. The summed E-state index contributed by atoms with van der Waals surface area (Å²) >= 11 is 0. The summed E-state index contributed by atoms with van der Waals surface area (Å²) in [6, 6.07) is 8.96. The van der Waals surface area contributed by atoms with Crippen LogP contribution in [0.15, 0.2) is 47.0 Å². The van der Waals surface area contributed by atoms with Crippen molar-refractivity contribution in [2.75, 3.05) is 11.9 Å². The SMILES string of the molecule is CCn1cc(NC(=O)c2ccc(COc3ccccc3[N+](=O)[O-])o2)c(C(=O)NCC(C)C)n1. The van der Waals surface area contributed by atoms with Crippen molar-refractivity contribution in [3.63, 3.8) is 0 Å². The van der Waals surface area contributed by atoms with E-state index in [9.17, 15) is 19.7 Å². The van der Waals surface area contributed by atoms with Gasteiger partial charge in [0.25, 0.3) is 11.8 Å². The van der Waals surface area contributed by atoms with Crippen molar-refractivity contribution >= 4 is 23.2 Å². The average Bonchev–Trinajstić information content (AvgIpc) is 3.43. The lowest BCUT2D eigenvalue weighted by Crippen LogP contribution is -2.28. The molecule has 2 aromatic heterocycles. The van der Waals surface area contributed by atoms with Crippen LogP contribution in [0, 0.1) is 16.0 Å². The van der Waals surface area contributed by atoms with Gasteiger partial charge in [0, 0.05) is 25.4 Å². The zero-order valence-electron chi connectivity index (χ0n) is 18.5. The van der Waals surface area contributed by atoms with Gasteiger partial charge in [0.2, 0.25) is 0 Å². The lowest BCUT2D eigenvalue weighted by molar-refractivity contribution is -0.386. The van der Waals surface area contributed by atoms with Gasteiger partial charge in [-0.25, -0.2) is 0 Å². The Kier molecular flexibility index (Phi) is 7.44. The maximum Gasteiger partial charge on any atom is 0.310 e. The van der Waals surface area contributed by atoms with Gasteiger partial charge in [-0.2, -0.15) is 5.10 Å². The summed E-state index contributed by atoms with van der Waals surface area (Å²) in [6.07, 6.45) is 1.57. The first kappa shape index (κ1) is 23.5. The number of nitrogens with one attached hydrogen (secondary N) is 2. The molecule has 11 heteroatoms. The maximum atomic E-state index is 12.7. The van der Waals surface area contributed by atoms with Crippen molar-refractivity contribution in [2.24, 2.45) is 5.92 Å². The first-order chi connectivity index (χ1) is 15.8. The third-order valence-electron chi connectivity index (χ3n) is 4.54. The molecule has 0 unspecified atom stereocenters. The van der Waals surface area contributed by atoms with E-state index in [1.165, 1.54) is 24.3 Å². The van der Waals surface area contributed by atoms with E-state index >= 15 is 0 Å². The van der Waals surface area contributed by atoms with Crippen LogP contribution >= 0.6 is 0 Å². The topological polar surface area (TPSA) is 142 Å². The number of amides is 2. The van der Waals surface area contributed by atoms with Gasteiger partial charge < -0.3 is 19.8 Å². The molecule has 3 aromatic rings. The van der Waals surface area contributed by atoms with Crippen molar-refractivity contribution in [3.8, 4) is 5.75 Å². The second kappa shape index (κ2) is 10.4. The highest BCUT2D eigenvalue weighted by Gasteiger charge is 2.21. The number of aromatic nitrogens is 2. The van der Waals surface area contributed by atoms with E-state index in [2.05, 4.69) is 15.7 Å². The number of rotatable bonds is 10. The largest absolute Gasteiger partial charge is 0.479 e. The highest BCUT2D eigenvalue weighted by atomic mass is 16.6. The minimum atomic E-state index is -0.569. The van der Waals surface area contributed by atoms with Crippen LogP contribution in [-0.2, 0) is 13.2 Å². The van der Waals surface area contributed by atoms with Gasteiger partial charge in [0.05, 0.1) is 10.6 Å². The summed E-state index contributed by atoms with van der Waals surface area (Å²) in [5, 5.41) is 20.8. The Labute approximate surface area is 189 Å². The van der Waals surface area contributed by atoms with Crippen molar-refractivity contribution in [1.82, 2.24) is 15.1 Å². The Hall–Kier alpha value is -4.15. The first-order valence-electron chi connectivity index (χ1n) is 10.4. The predicted octanol–water partition coefficient (Wildman–Crippen LogP) is 3.62. The number of nitro benzene ring substituents is 1. The van der Waals surface area contributed by atoms with Crippen LogP contribution in [0.5, 0.6) is 5.75 Å². The summed E-state index contributed by atoms with van der Waals surface area (Å²) < 4.78 is 12.5.